The molecule has 0 aliphatic carbocycles. The Balaban J connectivity index is 2.28. The molecular weight excluding hydrogens is 354 g/mol. The maximum Gasteiger partial charge on any atom is 0.305 e. The summed E-state index contributed by atoms with van der Waals surface area (Å²) in [5.41, 5.74) is 1.79. The van der Waals surface area contributed by atoms with Gasteiger partial charge in [0, 0.05) is 12.2 Å². The molecule has 1 aromatic heterocycles. The number of anilines is 1. The standard InChI is InChI=1S/C15H14BrNO3S/c1-10-2-4-11(5-3-10)17(9-8-14(18)19)15(20)12-6-7-13(16)21-12/h2-7H,8-9H2,1H3,(H,18,19). The van der Waals surface area contributed by atoms with E-state index in [9.17, 15) is 9.59 Å². The Kier molecular flexibility index (Phi) is 5.14. The maximum atomic E-state index is 12.6. The van der Waals surface area contributed by atoms with Crippen molar-refractivity contribution < 1.29 is 14.7 Å². The Morgan fingerprint density at radius 3 is 2.38 bits per heavy atom. The van der Waals surface area contributed by atoms with E-state index >= 15 is 0 Å². The van der Waals surface area contributed by atoms with Crippen molar-refractivity contribution in [3.63, 3.8) is 0 Å². The minimum atomic E-state index is -0.924. The summed E-state index contributed by atoms with van der Waals surface area (Å²) in [7, 11) is 0. The van der Waals surface area contributed by atoms with Crippen molar-refractivity contribution in [1.82, 2.24) is 0 Å². The van der Waals surface area contributed by atoms with Crippen molar-refractivity contribution in [2.24, 2.45) is 0 Å². The molecule has 6 heteroatoms. The van der Waals surface area contributed by atoms with Crippen LogP contribution in [0, 0.1) is 6.92 Å². The van der Waals surface area contributed by atoms with Gasteiger partial charge in [0.25, 0.3) is 5.91 Å². The van der Waals surface area contributed by atoms with Crippen LogP contribution in [0.15, 0.2) is 40.2 Å². The van der Waals surface area contributed by atoms with Gasteiger partial charge in [0.1, 0.15) is 0 Å². The highest BCUT2D eigenvalue weighted by atomic mass is 79.9. The molecule has 4 nitrogen and oxygen atoms in total. The molecule has 1 amide bonds. The smallest absolute Gasteiger partial charge is 0.305 e. The van der Waals surface area contributed by atoms with Crippen LogP contribution in [0.1, 0.15) is 21.7 Å². The maximum absolute atomic E-state index is 12.6. The van der Waals surface area contributed by atoms with Gasteiger partial charge in [-0.1, -0.05) is 17.7 Å². The summed E-state index contributed by atoms with van der Waals surface area (Å²) in [6.45, 7) is 2.11. The Labute approximate surface area is 135 Å². The topological polar surface area (TPSA) is 57.6 Å². The number of thiophene rings is 1. The average Bonchev–Trinajstić information content (AvgIpc) is 2.87. The van der Waals surface area contributed by atoms with E-state index in [2.05, 4.69) is 15.9 Å². The third-order valence-electron chi connectivity index (χ3n) is 2.92. The van der Waals surface area contributed by atoms with E-state index in [-0.39, 0.29) is 18.9 Å². The molecule has 0 fully saturated rings. The highest BCUT2D eigenvalue weighted by molar-refractivity contribution is 9.11. The number of carboxylic acids is 1. The molecule has 110 valence electrons. The molecule has 2 aromatic rings. The molecule has 21 heavy (non-hydrogen) atoms. The number of benzene rings is 1. The molecule has 0 aliphatic rings. The first-order valence-corrected chi connectivity index (χ1v) is 7.94. The fourth-order valence-electron chi connectivity index (χ4n) is 1.84. The largest absolute Gasteiger partial charge is 0.481 e. The number of carboxylic acid groups (broad SMARTS) is 1. The summed E-state index contributed by atoms with van der Waals surface area (Å²) >= 11 is 4.67. The third-order valence-corrected chi connectivity index (χ3v) is 4.54. The Morgan fingerprint density at radius 1 is 1.19 bits per heavy atom. The molecule has 2 rings (SSSR count). The molecule has 1 aromatic carbocycles. The summed E-state index contributed by atoms with van der Waals surface area (Å²) in [6, 6.07) is 11.0. The molecule has 0 radical (unpaired) electrons. The van der Waals surface area contributed by atoms with Crippen LogP contribution in [0.2, 0.25) is 0 Å². The van der Waals surface area contributed by atoms with Gasteiger partial charge >= 0.3 is 5.97 Å². The lowest BCUT2D eigenvalue weighted by atomic mass is 10.2. The van der Waals surface area contributed by atoms with Crippen LogP contribution < -0.4 is 4.90 Å². The van der Waals surface area contributed by atoms with E-state index in [0.717, 1.165) is 9.35 Å². The van der Waals surface area contributed by atoms with Gasteiger partial charge in [-0.25, -0.2) is 0 Å². The fraction of sp³-hybridized carbons (Fsp3) is 0.200. The van der Waals surface area contributed by atoms with Crippen molar-refractivity contribution in [2.45, 2.75) is 13.3 Å². The van der Waals surface area contributed by atoms with E-state index in [4.69, 9.17) is 5.11 Å². The van der Waals surface area contributed by atoms with E-state index in [1.165, 1.54) is 16.2 Å². The van der Waals surface area contributed by atoms with Crippen LogP contribution in [-0.4, -0.2) is 23.5 Å². The van der Waals surface area contributed by atoms with Gasteiger partial charge in [0.05, 0.1) is 15.1 Å². The second kappa shape index (κ2) is 6.87. The van der Waals surface area contributed by atoms with Crippen LogP contribution >= 0.6 is 27.3 Å². The van der Waals surface area contributed by atoms with Crippen LogP contribution in [0.25, 0.3) is 0 Å². The van der Waals surface area contributed by atoms with E-state index < -0.39 is 5.97 Å². The van der Waals surface area contributed by atoms with Crippen molar-refractivity contribution >= 4 is 44.8 Å². The fourth-order valence-corrected chi connectivity index (χ4v) is 3.18. The predicted octanol–water partition coefficient (Wildman–Crippen LogP) is 3.94. The molecular formula is C15H14BrNO3S. The van der Waals surface area contributed by atoms with E-state index in [0.29, 0.717) is 10.6 Å². The Morgan fingerprint density at radius 2 is 1.86 bits per heavy atom. The van der Waals surface area contributed by atoms with Gasteiger partial charge in [-0.05, 0) is 47.1 Å². The van der Waals surface area contributed by atoms with Gasteiger partial charge < -0.3 is 10.0 Å². The monoisotopic (exact) mass is 367 g/mol. The van der Waals surface area contributed by atoms with E-state index in [1.54, 1.807) is 6.07 Å². The number of carbonyl (C=O) groups excluding carboxylic acids is 1. The number of halogens is 1. The number of nitrogens with zero attached hydrogens (tertiary/aromatic N) is 1. The van der Waals surface area contributed by atoms with Crippen LogP contribution in [0.5, 0.6) is 0 Å². The molecule has 0 saturated carbocycles. The number of hydrogen-bond acceptors (Lipinski definition) is 3. The molecule has 1 N–H and O–H groups in total. The van der Waals surface area contributed by atoms with Gasteiger partial charge in [-0.3, -0.25) is 9.59 Å². The van der Waals surface area contributed by atoms with Crippen LogP contribution in [0.4, 0.5) is 5.69 Å². The first-order valence-electron chi connectivity index (χ1n) is 6.33. The molecule has 1 heterocycles. The summed E-state index contributed by atoms with van der Waals surface area (Å²) in [6.07, 6.45) is -0.0911. The summed E-state index contributed by atoms with van der Waals surface area (Å²) in [5, 5.41) is 8.87. The molecule has 0 aliphatic heterocycles. The first kappa shape index (κ1) is 15.7. The van der Waals surface area contributed by atoms with E-state index in [1.807, 2.05) is 37.3 Å². The first-order chi connectivity index (χ1) is 9.97. The summed E-state index contributed by atoms with van der Waals surface area (Å²) in [4.78, 5) is 25.5. The van der Waals surface area contributed by atoms with Crippen LogP contribution in [0.3, 0.4) is 0 Å². The van der Waals surface area contributed by atoms with Gasteiger partial charge in [-0.15, -0.1) is 11.3 Å². The quantitative estimate of drug-likeness (QED) is 0.870. The zero-order valence-corrected chi connectivity index (χ0v) is 13.8. The van der Waals surface area contributed by atoms with Crippen molar-refractivity contribution in [3.05, 3.63) is 50.6 Å². The zero-order valence-electron chi connectivity index (χ0n) is 11.4. The Bertz CT molecular complexity index is 651. The SMILES string of the molecule is Cc1ccc(N(CCC(=O)O)C(=O)c2ccc(Br)s2)cc1. The molecule has 0 spiro atoms. The Hall–Kier alpha value is -1.66. The second-order valence-corrected chi connectivity index (χ2v) is 7.00. The minimum Gasteiger partial charge on any atom is -0.481 e. The lowest BCUT2D eigenvalue weighted by Crippen LogP contribution is -2.32. The highest BCUT2D eigenvalue weighted by Crippen LogP contribution is 2.26. The normalized spacial score (nSPS) is 10.4. The second-order valence-electron chi connectivity index (χ2n) is 4.54. The molecule has 0 unspecified atom stereocenters. The van der Waals surface area contributed by atoms with Gasteiger partial charge in [0.15, 0.2) is 0 Å². The lowest BCUT2D eigenvalue weighted by molar-refractivity contribution is -0.136. The zero-order chi connectivity index (χ0) is 15.4. The molecule has 0 atom stereocenters. The number of aliphatic carboxylic acids is 1. The third kappa shape index (κ3) is 4.15. The number of rotatable bonds is 5. The number of aryl methyl sites for hydroxylation is 1. The van der Waals surface area contributed by atoms with Crippen molar-refractivity contribution in [1.29, 1.82) is 0 Å². The lowest BCUT2D eigenvalue weighted by Gasteiger charge is -2.21. The van der Waals surface area contributed by atoms with Crippen molar-refractivity contribution in [2.75, 3.05) is 11.4 Å². The van der Waals surface area contributed by atoms with Crippen molar-refractivity contribution in [3.8, 4) is 0 Å². The minimum absolute atomic E-state index is 0.0911. The molecule has 0 saturated heterocycles. The van der Waals surface area contributed by atoms with Crippen LogP contribution in [-0.2, 0) is 4.79 Å². The predicted molar refractivity (Wildman–Crippen MR) is 87.1 cm³/mol. The number of carbonyl (C=O) groups is 2. The number of hydrogen-bond donors (Lipinski definition) is 1. The van der Waals surface area contributed by atoms with Gasteiger partial charge in [-0.2, -0.15) is 0 Å². The number of amides is 1. The van der Waals surface area contributed by atoms with Gasteiger partial charge in [0.2, 0.25) is 0 Å². The highest BCUT2D eigenvalue weighted by Gasteiger charge is 2.20. The molecule has 0 bridgehead atoms. The summed E-state index contributed by atoms with van der Waals surface area (Å²) < 4.78 is 0.868. The summed E-state index contributed by atoms with van der Waals surface area (Å²) in [5.74, 6) is -1.11. The average molecular weight is 368 g/mol.